The molecule has 0 N–H and O–H groups in total. The molecule has 1 aromatic carbocycles. The van der Waals surface area contributed by atoms with Crippen molar-refractivity contribution in [3.05, 3.63) is 34.9 Å². The third-order valence-electron chi connectivity index (χ3n) is 3.56. The summed E-state index contributed by atoms with van der Waals surface area (Å²) in [6, 6.07) is 6.04. The fourth-order valence-corrected chi connectivity index (χ4v) is 2.74. The molecule has 0 spiro atoms. The summed E-state index contributed by atoms with van der Waals surface area (Å²) < 4.78 is 5.22. The van der Waals surface area contributed by atoms with Gasteiger partial charge in [0.15, 0.2) is 5.78 Å². The Labute approximate surface area is 94.9 Å². The molecule has 0 aliphatic heterocycles. The zero-order valence-corrected chi connectivity index (χ0v) is 9.38. The standard InChI is InChI=1S/C14H14O2/c1-16-11-5-6-12-10(8-11)3-2-9-4-7-13(15)14(9)12/h5-6,8H,2-4,7H2,1H3. The van der Waals surface area contributed by atoms with Crippen LogP contribution in [0.3, 0.4) is 0 Å². The quantitative estimate of drug-likeness (QED) is 0.718. The Morgan fingerprint density at radius 2 is 1.94 bits per heavy atom. The molecule has 0 unspecified atom stereocenters. The van der Waals surface area contributed by atoms with Crippen molar-refractivity contribution in [2.75, 3.05) is 7.11 Å². The number of aryl methyl sites for hydroxylation is 1. The topological polar surface area (TPSA) is 26.3 Å². The van der Waals surface area contributed by atoms with E-state index in [-0.39, 0.29) is 0 Å². The minimum atomic E-state index is 0.320. The van der Waals surface area contributed by atoms with Gasteiger partial charge in [-0.3, -0.25) is 4.79 Å². The maximum atomic E-state index is 11.8. The maximum absolute atomic E-state index is 11.8. The van der Waals surface area contributed by atoms with Gasteiger partial charge in [0.05, 0.1) is 7.11 Å². The average molecular weight is 214 g/mol. The van der Waals surface area contributed by atoms with Gasteiger partial charge in [0.25, 0.3) is 0 Å². The van der Waals surface area contributed by atoms with Crippen LogP contribution < -0.4 is 4.74 Å². The summed E-state index contributed by atoms with van der Waals surface area (Å²) in [4.78, 5) is 11.8. The molecule has 0 saturated carbocycles. The van der Waals surface area contributed by atoms with Crippen LogP contribution in [-0.2, 0) is 11.2 Å². The van der Waals surface area contributed by atoms with Gasteiger partial charge < -0.3 is 4.74 Å². The molecule has 0 atom stereocenters. The lowest BCUT2D eigenvalue weighted by Gasteiger charge is -2.18. The van der Waals surface area contributed by atoms with Crippen LogP contribution in [0.2, 0.25) is 0 Å². The first-order chi connectivity index (χ1) is 7.79. The molecule has 0 heterocycles. The van der Waals surface area contributed by atoms with Crippen LogP contribution in [-0.4, -0.2) is 12.9 Å². The Morgan fingerprint density at radius 1 is 1.12 bits per heavy atom. The number of carbonyl (C=O) groups excluding carboxylic acids is 1. The number of hydrogen-bond donors (Lipinski definition) is 0. The van der Waals surface area contributed by atoms with Crippen LogP contribution >= 0.6 is 0 Å². The van der Waals surface area contributed by atoms with E-state index in [2.05, 4.69) is 6.07 Å². The number of rotatable bonds is 1. The minimum absolute atomic E-state index is 0.320. The van der Waals surface area contributed by atoms with Crippen molar-refractivity contribution in [3.63, 3.8) is 0 Å². The first-order valence-corrected chi connectivity index (χ1v) is 5.72. The lowest BCUT2D eigenvalue weighted by molar-refractivity contribution is -0.113. The Morgan fingerprint density at radius 3 is 2.75 bits per heavy atom. The number of ether oxygens (including phenoxy) is 1. The molecule has 2 heteroatoms. The Kier molecular flexibility index (Phi) is 2.10. The molecule has 0 fully saturated rings. The van der Waals surface area contributed by atoms with E-state index >= 15 is 0 Å². The number of carbonyl (C=O) groups is 1. The lowest BCUT2D eigenvalue weighted by atomic mass is 9.87. The second kappa shape index (κ2) is 3.48. The summed E-state index contributed by atoms with van der Waals surface area (Å²) in [5.74, 6) is 1.20. The van der Waals surface area contributed by atoms with Crippen molar-refractivity contribution < 1.29 is 9.53 Å². The van der Waals surface area contributed by atoms with E-state index in [9.17, 15) is 4.79 Å². The first kappa shape index (κ1) is 9.64. The summed E-state index contributed by atoms with van der Waals surface area (Å²) in [6.07, 6.45) is 3.76. The molecule has 2 nitrogen and oxygen atoms in total. The molecular formula is C14H14O2. The van der Waals surface area contributed by atoms with Gasteiger partial charge in [-0.05, 0) is 42.5 Å². The molecule has 0 saturated heterocycles. The SMILES string of the molecule is COc1ccc2c(c1)CCC1=C2C(=O)CC1. The highest BCUT2D eigenvalue weighted by Gasteiger charge is 2.28. The van der Waals surface area contributed by atoms with Crippen LogP contribution in [0.1, 0.15) is 30.4 Å². The van der Waals surface area contributed by atoms with Crippen molar-refractivity contribution in [2.45, 2.75) is 25.7 Å². The summed E-state index contributed by atoms with van der Waals surface area (Å²) >= 11 is 0. The molecule has 3 rings (SSSR count). The van der Waals surface area contributed by atoms with E-state index in [1.165, 1.54) is 11.1 Å². The summed E-state index contributed by atoms with van der Waals surface area (Å²) in [6.45, 7) is 0. The molecule has 2 aliphatic carbocycles. The van der Waals surface area contributed by atoms with Gasteiger partial charge in [0.1, 0.15) is 5.75 Å². The Bertz CT molecular complexity index is 497. The van der Waals surface area contributed by atoms with E-state index in [0.717, 1.165) is 36.1 Å². The van der Waals surface area contributed by atoms with Gasteiger partial charge in [-0.1, -0.05) is 11.6 Å². The highest BCUT2D eigenvalue weighted by Crippen LogP contribution is 2.40. The number of allylic oxidation sites excluding steroid dienone is 2. The Hall–Kier alpha value is -1.57. The van der Waals surface area contributed by atoms with Gasteiger partial charge in [0.2, 0.25) is 0 Å². The van der Waals surface area contributed by atoms with Crippen molar-refractivity contribution >= 4 is 11.4 Å². The average Bonchev–Trinajstić information content (AvgIpc) is 2.70. The monoisotopic (exact) mass is 214 g/mol. The molecular weight excluding hydrogens is 200 g/mol. The third-order valence-corrected chi connectivity index (χ3v) is 3.56. The highest BCUT2D eigenvalue weighted by molar-refractivity contribution is 6.24. The smallest absolute Gasteiger partial charge is 0.163 e. The predicted molar refractivity (Wildman–Crippen MR) is 62.5 cm³/mol. The zero-order chi connectivity index (χ0) is 11.1. The minimum Gasteiger partial charge on any atom is -0.497 e. The largest absolute Gasteiger partial charge is 0.497 e. The van der Waals surface area contributed by atoms with Gasteiger partial charge in [-0.2, -0.15) is 0 Å². The van der Waals surface area contributed by atoms with Crippen molar-refractivity contribution in [2.24, 2.45) is 0 Å². The summed E-state index contributed by atoms with van der Waals surface area (Å²) in [5, 5.41) is 0. The van der Waals surface area contributed by atoms with Crippen LogP contribution in [0.25, 0.3) is 5.57 Å². The third kappa shape index (κ3) is 1.29. The van der Waals surface area contributed by atoms with Crippen molar-refractivity contribution in [1.82, 2.24) is 0 Å². The molecule has 82 valence electrons. The van der Waals surface area contributed by atoms with Crippen LogP contribution in [0, 0.1) is 0 Å². The normalized spacial score (nSPS) is 18.4. The van der Waals surface area contributed by atoms with E-state index < -0.39 is 0 Å². The van der Waals surface area contributed by atoms with Gasteiger partial charge in [-0.25, -0.2) is 0 Å². The second-order valence-corrected chi connectivity index (χ2v) is 4.42. The van der Waals surface area contributed by atoms with E-state index in [1.54, 1.807) is 7.11 Å². The molecule has 0 aromatic heterocycles. The van der Waals surface area contributed by atoms with Crippen LogP contribution in [0.5, 0.6) is 5.75 Å². The van der Waals surface area contributed by atoms with E-state index in [0.29, 0.717) is 12.2 Å². The number of ketones is 1. The lowest BCUT2D eigenvalue weighted by Crippen LogP contribution is -2.06. The number of fused-ring (bicyclic) bond motifs is 2. The Balaban J connectivity index is 2.14. The summed E-state index contributed by atoms with van der Waals surface area (Å²) in [7, 11) is 1.68. The van der Waals surface area contributed by atoms with Crippen molar-refractivity contribution in [3.8, 4) is 5.75 Å². The maximum Gasteiger partial charge on any atom is 0.163 e. The number of hydrogen-bond acceptors (Lipinski definition) is 2. The molecule has 2 aliphatic rings. The van der Waals surface area contributed by atoms with Crippen LogP contribution in [0.15, 0.2) is 23.8 Å². The zero-order valence-electron chi connectivity index (χ0n) is 9.38. The molecule has 1 aromatic rings. The van der Waals surface area contributed by atoms with Crippen LogP contribution in [0.4, 0.5) is 0 Å². The van der Waals surface area contributed by atoms with Gasteiger partial charge in [0, 0.05) is 12.0 Å². The van der Waals surface area contributed by atoms with Crippen molar-refractivity contribution in [1.29, 1.82) is 0 Å². The fraction of sp³-hybridized carbons (Fsp3) is 0.357. The van der Waals surface area contributed by atoms with Gasteiger partial charge >= 0.3 is 0 Å². The molecule has 0 radical (unpaired) electrons. The highest BCUT2D eigenvalue weighted by atomic mass is 16.5. The number of methoxy groups -OCH3 is 1. The predicted octanol–water partition coefficient (Wildman–Crippen LogP) is 2.76. The number of benzene rings is 1. The molecule has 16 heavy (non-hydrogen) atoms. The first-order valence-electron chi connectivity index (χ1n) is 5.72. The molecule has 0 amide bonds. The van der Waals surface area contributed by atoms with Gasteiger partial charge in [-0.15, -0.1) is 0 Å². The second-order valence-electron chi connectivity index (χ2n) is 4.42. The summed E-state index contributed by atoms with van der Waals surface area (Å²) in [5.41, 5.74) is 4.77. The number of Topliss-reactive ketones (excluding diaryl/α,β-unsaturated/α-hetero) is 1. The van der Waals surface area contributed by atoms with E-state index in [4.69, 9.17) is 4.74 Å². The fourth-order valence-electron chi connectivity index (χ4n) is 2.74. The van der Waals surface area contributed by atoms with E-state index in [1.807, 2.05) is 12.1 Å². The molecule has 0 bridgehead atoms.